The van der Waals surface area contributed by atoms with Crippen molar-refractivity contribution in [2.45, 2.75) is 12.5 Å². The van der Waals surface area contributed by atoms with E-state index in [1.54, 1.807) is 6.07 Å². The molecule has 0 saturated heterocycles. The predicted octanol–water partition coefficient (Wildman–Crippen LogP) is 4.14. The average Bonchev–Trinajstić information content (AvgIpc) is 2.81. The van der Waals surface area contributed by atoms with Gasteiger partial charge in [0.05, 0.1) is 12.2 Å². The number of hydrogen-bond acceptors (Lipinski definition) is 5. The van der Waals surface area contributed by atoms with E-state index in [1.165, 1.54) is 0 Å². The Kier molecular flexibility index (Phi) is 6.26. The van der Waals surface area contributed by atoms with E-state index in [9.17, 15) is 4.79 Å². The van der Waals surface area contributed by atoms with Crippen molar-refractivity contribution in [3.8, 4) is 17.2 Å². The van der Waals surface area contributed by atoms with Crippen LogP contribution in [0.1, 0.15) is 17.3 Å². The van der Waals surface area contributed by atoms with Crippen LogP contribution in [0.3, 0.4) is 0 Å². The Morgan fingerprint density at radius 2 is 1.68 bits per heavy atom. The highest BCUT2D eigenvalue weighted by atomic mass is 16.5. The van der Waals surface area contributed by atoms with E-state index in [4.69, 9.17) is 14.2 Å². The van der Waals surface area contributed by atoms with Crippen LogP contribution in [0.15, 0.2) is 78.9 Å². The maximum atomic E-state index is 12.6. The third kappa shape index (κ3) is 5.48. The van der Waals surface area contributed by atoms with E-state index in [0.29, 0.717) is 31.9 Å². The summed E-state index contributed by atoms with van der Waals surface area (Å²) in [6.07, 6.45) is 0. The zero-order valence-electron chi connectivity index (χ0n) is 17.5. The maximum absolute atomic E-state index is 12.6. The second kappa shape index (κ2) is 9.43. The number of ether oxygens (including phenoxy) is 3. The van der Waals surface area contributed by atoms with Crippen molar-refractivity contribution in [3.05, 3.63) is 84.4 Å². The van der Waals surface area contributed by atoms with Gasteiger partial charge in [-0.25, -0.2) is 0 Å². The number of rotatable bonds is 8. The second-order valence-electron chi connectivity index (χ2n) is 7.70. The Morgan fingerprint density at radius 1 is 1.00 bits per heavy atom. The van der Waals surface area contributed by atoms with Crippen molar-refractivity contribution >= 4 is 11.6 Å². The molecule has 0 aliphatic carbocycles. The lowest BCUT2D eigenvalue weighted by Crippen LogP contribution is -2.48. The van der Waals surface area contributed by atoms with Gasteiger partial charge >= 0.3 is 0 Å². The predicted molar refractivity (Wildman–Crippen MR) is 120 cm³/mol. The molecule has 0 fully saturated rings. The number of fused-ring (bicyclic) bond motifs is 1. The quantitative estimate of drug-likeness (QED) is 0.538. The van der Waals surface area contributed by atoms with Crippen LogP contribution in [0.25, 0.3) is 0 Å². The normalized spacial score (nSPS) is 16.9. The zero-order chi connectivity index (χ0) is 21.5. The summed E-state index contributed by atoms with van der Waals surface area (Å²) >= 11 is 0. The lowest BCUT2D eigenvalue weighted by molar-refractivity contribution is 0.0947. The molecule has 1 atom stereocenters. The Hall–Kier alpha value is -3.67. The van der Waals surface area contributed by atoms with Crippen molar-refractivity contribution in [2.75, 3.05) is 31.7 Å². The molecule has 3 aromatic rings. The van der Waals surface area contributed by atoms with Crippen molar-refractivity contribution in [1.29, 1.82) is 0 Å². The molecule has 1 aliphatic rings. The fourth-order valence-electron chi connectivity index (χ4n) is 3.28. The highest BCUT2D eigenvalue weighted by Gasteiger charge is 2.32. The van der Waals surface area contributed by atoms with Crippen LogP contribution in [-0.2, 0) is 0 Å². The second-order valence-corrected chi connectivity index (χ2v) is 7.70. The lowest BCUT2D eigenvalue weighted by atomic mass is 10.0. The number of hydrogen-bond donors (Lipinski definition) is 2. The number of carbonyl (C=O) groups excluding carboxylic acids is 1. The standard InChI is InChI=1S/C25H26N2O4/c1-25(17-30-21-10-6-3-7-11-21)18-31-23-13-12-19(16-22(23)27-25)24(28)26-14-15-29-20-8-4-2-5-9-20/h2-13,16,27H,14-15,17-18H2,1H3,(H,26,28). The number of para-hydroxylation sites is 2. The molecule has 1 unspecified atom stereocenters. The summed E-state index contributed by atoms with van der Waals surface area (Å²) in [5, 5.41) is 6.36. The minimum absolute atomic E-state index is 0.158. The van der Waals surface area contributed by atoms with E-state index in [0.717, 1.165) is 22.9 Å². The van der Waals surface area contributed by atoms with Gasteiger partial charge < -0.3 is 24.8 Å². The molecule has 4 rings (SSSR count). The first kappa shape index (κ1) is 20.6. The van der Waals surface area contributed by atoms with Gasteiger partial charge in [-0.2, -0.15) is 0 Å². The van der Waals surface area contributed by atoms with Gasteiger partial charge in [-0.05, 0) is 49.4 Å². The van der Waals surface area contributed by atoms with Crippen molar-refractivity contribution in [3.63, 3.8) is 0 Å². The number of anilines is 1. The molecule has 31 heavy (non-hydrogen) atoms. The number of carbonyl (C=O) groups is 1. The molecule has 2 N–H and O–H groups in total. The van der Waals surface area contributed by atoms with Crippen molar-refractivity contribution in [2.24, 2.45) is 0 Å². The Morgan fingerprint density at radius 3 is 2.39 bits per heavy atom. The highest BCUT2D eigenvalue weighted by Crippen LogP contribution is 2.33. The monoisotopic (exact) mass is 418 g/mol. The van der Waals surface area contributed by atoms with Crippen LogP contribution in [0.4, 0.5) is 5.69 Å². The Bertz CT molecular complexity index is 1010. The smallest absolute Gasteiger partial charge is 0.251 e. The topological polar surface area (TPSA) is 68.8 Å². The summed E-state index contributed by atoms with van der Waals surface area (Å²) in [7, 11) is 0. The van der Waals surface area contributed by atoms with Gasteiger partial charge in [0.2, 0.25) is 0 Å². The first-order valence-corrected chi connectivity index (χ1v) is 10.3. The van der Waals surface area contributed by atoms with E-state index in [1.807, 2.05) is 79.7 Å². The largest absolute Gasteiger partial charge is 0.492 e. The number of amides is 1. The van der Waals surface area contributed by atoms with E-state index < -0.39 is 5.54 Å². The van der Waals surface area contributed by atoms with Crippen LogP contribution in [0.2, 0.25) is 0 Å². The van der Waals surface area contributed by atoms with Gasteiger partial charge in [-0.3, -0.25) is 4.79 Å². The molecule has 6 nitrogen and oxygen atoms in total. The van der Waals surface area contributed by atoms with Gasteiger partial charge in [0.1, 0.15) is 42.6 Å². The zero-order valence-corrected chi connectivity index (χ0v) is 17.5. The molecule has 1 heterocycles. The fraction of sp³-hybridized carbons (Fsp3) is 0.240. The van der Waals surface area contributed by atoms with Gasteiger partial charge in [0.15, 0.2) is 0 Å². The third-order valence-electron chi connectivity index (χ3n) is 4.92. The highest BCUT2D eigenvalue weighted by molar-refractivity contribution is 5.95. The van der Waals surface area contributed by atoms with Crippen molar-refractivity contribution < 1.29 is 19.0 Å². The molecule has 0 saturated carbocycles. The third-order valence-corrected chi connectivity index (χ3v) is 4.92. The molecule has 0 spiro atoms. The molecule has 160 valence electrons. The van der Waals surface area contributed by atoms with E-state index in [-0.39, 0.29) is 5.91 Å². The van der Waals surface area contributed by atoms with E-state index >= 15 is 0 Å². The van der Waals surface area contributed by atoms with Gasteiger partial charge in [0, 0.05) is 5.56 Å². The molecule has 0 aromatic heterocycles. The number of benzene rings is 3. The molecule has 1 aliphatic heterocycles. The van der Waals surface area contributed by atoms with Gasteiger partial charge in [-0.1, -0.05) is 36.4 Å². The summed E-state index contributed by atoms with van der Waals surface area (Å²) in [5.41, 5.74) is 0.919. The molecule has 3 aromatic carbocycles. The van der Waals surface area contributed by atoms with Crippen LogP contribution in [0.5, 0.6) is 17.2 Å². The minimum Gasteiger partial charge on any atom is -0.492 e. The van der Waals surface area contributed by atoms with Crippen LogP contribution in [0, 0.1) is 0 Å². The van der Waals surface area contributed by atoms with Crippen LogP contribution in [-0.4, -0.2) is 37.8 Å². The summed E-state index contributed by atoms with van der Waals surface area (Å²) in [4.78, 5) is 12.6. The summed E-state index contributed by atoms with van der Waals surface area (Å²) in [5.74, 6) is 2.15. The maximum Gasteiger partial charge on any atom is 0.251 e. The molecule has 6 heteroatoms. The molecule has 0 radical (unpaired) electrons. The lowest BCUT2D eigenvalue weighted by Gasteiger charge is -2.36. The summed E-state index contributed by atoms with van der Waals surface area (Å²) in [6, 6.07) is 24.6. The summed E-state index contributed by atoms with van der Waals surface area (Å²) < 4.78 is 17.4. The summed E-state index contributed by atoms with van der Waals surface area (Å²) in [6.45, 7) is 3.75. The number of nitrogens with one attached hydrogen (secondary N) is 2. The minimum atomic E-state index is -0.415. The van der Waals surface area contributed by atoms with Crippen LogP contribution < -0.4 is 24.8 Å². The Labute approximate surface area is 182 Å². The average molecular weight is 418 g/mol. The van der Waals surface area contributed by atoms with Crippen molar-refractivity contribution in [1.82, 2.24) is 5.32 Å². The first-order valence-electron chi connectivity index (χ1n) is 10.3. The molecular formula is C25H26N2O4. The molecule has 0 bridgehead atoms. The Balaban J connectivity index is 1.32. The van der Waals surface area contributed by atoms with Gasteiger partial charge in [0.25, 0.3) is 5.91 Å². The first-order chi connectivity index (χ1) is 15.1. The van der Waals surface area contributed by atoms with E-state index in [2.05, 4.69) is 10.6 Å². The molecular weight excluding hydrogens is 392 g/mol. The SMILES string of the molecule is CC1(COc2ccccc2)COc2ccc(C(=O)NCCOc3ccccc3)cc2N1. The molecule has 1 amide bonds. The van der Waals surface area contributed by atoms with Crippen LogP contribution >= 0.6 is 0 Å². The van der Waals surface area contributed by atoms with Gasteiger partial charge in [-0.15, -0.1) is 0 Å². The fourth-order valence-corrected chi connectivity index (χ4v) is 3.28.